The van der Waals surface area contributed by atoms with E-state index in [4.69, 9.17) is 39.9 Å². The summed E-state index contributed by atoms with van der Waals surface area (Å²) < 4.78 is 0. The van der Waals surface area contributed by atoms with Crippen molar-refractivity contribution in [3.63, 3.8) is 0 Å². The van der Waals surface area contributed by atoms with Gasteiger partial charge in [-0.05, 0) is 123 Å². The van der Waals surface area contributed by atoms with E-state index < -0.39 is 0 Å². The van der Waals surface area contributed by atoms with E-state index in [1.54, 1.807) is 0 Å². The molecule has 2 aliphatic heterocycles. The molecule has 0 radical (unpaired) electrons. The topological polar surface area (TPSA) is 106 Å². The van der Waals surface area contributed by atoms with Gasteiger partial charge in [-0.1, -0.05) is 218 Å². The fourth-order valence-electron chi connectivity index (χ4n) is 12.2. The van der Waals surface area contributed by atoms with Gasteiger partial charge in [-0.15, -0.1) is 0 Å². The van der Waals surface area contributed by atoms with Gasteiger partial charge in [0.1, 0.15) is 0 Å². The molecule has 0 saturated heterocycles. The van der Waals surface area contributed by atoms with Crippen LogP contribution in [0.3, 0.4) is 0 Å². The first-order valence-electron chi connectivity index (χ1n) is 26.8. The summed E-state index contributed by atoms with van der Waals surface area (Å²) in [5.74, 6) is 2.00. The molecule has 0 atom stereocenters. The molecule has 0 aliphatic carbocycles. The molecule has 81 heavy (non-hydrogen) atoms. The molecule has 5 heterocycles. The van der Waals surface area contributed by atoms with E-state index in [1.165, 1.54) is 0 Å². The van der Waals surface area contributed by atoms with Gasteiger partial charge in [-0.3, -0.25) is 0 Å². The first-order valence-corrected chi connectivity index (χ1v) is 26.8. The first-order chi connectivity index (χ1) is 39.6. The number of aromatic nitrogens is 8. The third-order valence-corrected chi connectivity index (χ3v) is 16.1. The summed E-state index contributed by atoms with van der Waals surface area (Å²) in [7, 11) is 0. The summed E-state index contributed by atoms with van der Waals surface area (Å²) in [6.07, 6.45) is 0. The largest absolute Gasteiger partial charge is 2.00 e. The van der Waals surface area contributed by atoms with Crippen molar-refractivity contribution in [1.82, 2.24) is 39.9 Å². The Morgan fingerprint density at radius 1 is 0.222 bits per heavy atom. The average Bonchev–Trinajstić information content (AvgIpc) is 3.82. The van der Waals surface area contributed by atoms with Crippen LogP contribution in [0.2, 0.25) is 0 Å². The van der Waals surface area contributed by atoms with Crippen molar-refractivity contribution in [3.8, 4) is 90.1 Å². The molecule has 3 aromatic heterocycles. The molecular formula is C72H40FeN8. The van der Waals surface area contributed by atoms with Crippen molar-refractivity contribution in [1.29, 1.82) is 0 Å². The third kappa shape index (κ3) is 7.51. The maximum absolute atomic E-state index is 5.63. The van der Waals surface area contributed by atoms with Crippen LogP contribution in [0.1, 0.15) is 0 Å². The van der Waals surface area contributed by atoms with Gasteiger partial charge < -0.3 is 29.9 Å². The van der Waals surface area contributed by atoms with Gasteiger partial charge in [0.15, 0.2) is 0 Å². The molecule has 0 fully saturated rings. The Morgan fingerprint density at radius 2 is 0.519 bits per heavy atom. The van der Waals surface area contributed by atoms with Crippen LogP contribution in [-0.2, 0) is 17.1 Å². The number of hydrogen-bond acceptors (Lipinski definition) is 6. The minimum atomic E-state index is 0. The maximum Gasteiger partial charge on any atom is 2.00 e. The fourth-order valence-corrected chi connectivity index (χ4v) is 12.2. The van der Waals surface area contributed by atoms with Gasteiger partial charge in [0, 0.05) is 55.6 Å². The number of hydrogen-bond donors (Lipinski definition) is 0. The van der Waals surface area contributed by atoms with Crippen molar-refractivity contribution >= 4 is 87.2 Å². The van der Waals surface area contributed by atoms with Gasteiger partial charge >= 0.3 is 17.1 Å². The minimum Gasteiger partial charge on any atom is -0.357 e. The SMILES string of the molecule is [Fe+2].c1ccc(-c2ccc3ccc4c(c3c2)-c2nc-4nc3[n-]c(nc4nc(nc5[n-]c(n2)c2ccc6ccc(-c7ccccc7)cc6c52)-c2c-4ccc4ccc(-c5ccccc5)cc24)c2ccc4ccc(-c5ccccc5)cc4c32)cc1. The predicted molar refractivity (Wildman–Crippen MR) is 326 cm³/mol. The molecule has 0 saturated carbocycles. The molecule has 8 nitrogen and oxygen atoms in total. The summed E-state index contributed by atoms with van der Waals surface area (Å²) in [6, 6.07) is 85.4. The van der Waals surface area contributed by atoms with Gasteiger partial charge in [0.25, 0.3) is 0 Å². The Balaban J connectivity index is 0.00000542. The summed E-state index contributed by atoms with van der Waals surface area (Å²) in [6.45, 7) is 0. The molecule has 8 bridgehead atoms. The minimum absolute atomic E-state index is 0. The van der Waals surface area contributed by atoms with Crippen LogP contribution < -0.4 is 9.97 Å². The zero-order chi connectivity index (χ0) is 52.4. The van der Waals surface area contributed by atoms with E-state index >= 15 is 0 Å². The third-order valence-electron chi connectivity index (χ3n) is 16.1. The molecule has 15 aromatic rings. The van der Waals surface area contributed by atoms with Crippen LogP contribution in [0.4, 0.5) is 0 Å². The van der Waals surface area contributed by atoms with Crippen molar-refractivity contribution < 1.29 is 17.1 Å². The summed E-state index contributed by atoms with van der Waals surface area (Å²) in [5, 5.41) is 11.7. The Labute approximate surface area is 474 Å². The van der Waals surface area contributed by atoms with Crippen molar-refractivity contribution in [2.24, 2.45) is 0 Å². The van der Waals surface area contributed by atoms with Crippen LogP contribution in [0.5, 0.6) is 0 Å². The molecule has 0 amide bonds. The Morgan fingerprint density at radius 3 is 0.901 bits per heavy atom. The molecule has 0 N–H and O–H groups in total. The van der Waals surface area contributed by atoms with Gasteiger partial charge in [0.05, 0.1) is 23.3 Å². The quantitative estimate of drug-likeness (QED) is 0.161. The summed E-state index contributed by atoms with van der Waals surface area (Å²) in [5.41, 5.74) is 14.2. The van der Waals surface area contributed by atoms with E-state index in [1.807, 2.05) is 24.3 Å². The molecule has 2 aliphatic rings. The van der Waals surface area contributed by atoms with E-state index in [0.29, 0.717) is 45.9 Å². The van der Waals surface area contributed by atoms with Crippen LogP contribution in [-0.4, -0.2) is 29.9 Å². The van der Waals surface area contributed by atoms with Crippen LogP contribution >= 0.6 is 0 Å². The molecule has 17 rings (SSSR count). The van der Waals surface area contributed by atoms with Gasteiger partial charge in [0.2, 0.25) is 0 Å². The Bertz CT molecular complexity index is 5290. The van der Waals surface area contributed by atoms with Crippen molar-refractivity contribution in [2.75, 3.05) is 0 Å². The standard InChI is InChI=1S/C72H40N8.Fe/c1-5-13-41(14-6-1)49-25-21-45-29-33-53-61(57(45)37-49)69-74-65(53)73-66-54-34-30-47-23-27-51(43-17-9-3-10-18-43)39-59(47)63(54)71(75-66)80-72-64-56(36-32-48-24-28-52(40-60(48)64)44-19-11-4-12-20-44)68(79-72)78-70-62-55(67(76-69)77-70)35-31-46-22-26-50(38-58(46)62)42-15-7-2-8-16-42;/h1-40H;/q-2;+2. The van der Waals surface area contributed by atoms with E-state index in [-0.39, 0.29) is 17.1 Å². The Hall–Kier alpha value is -10.4. The van der Waals surface area contributed by atoms with Crippen LogP contribution in [0.25, 0.3) is 177 Å². The number of fused-ring (bicyclic) bond motifs is 28. The van der Waals surface area contributed by atoms with Gasteiger partial charge in [-0.2, -0.15) is 0 Å². The second-order valence-electron chi connectivity index (χ2n) is 20.6. The summed E-state index contributed by atoms with van der Waals surface area (Å²) >= 11 is 0. The van der Waals surface area contributed by atoms with Crippen molar-refractivity contribution in [3.05, 3.63) is 243 Å². The molecule has 376 valence electrons. The fraction of sp³-hybridized carbons (Fsp3) is 0. The number of nitrogens with zero attached hydrogens (tertiary/aromatic N) is 8. The number of benzene rings is 12. The van der Waals surface area contributed by atoms with Crippen LogP contribution in [0.15, 0.2) is 243 Å². The molecule has 12 aromatic carbocycles. The normalized spacial score (nSPS) is 11.9. The summed E-state index contributed by atoms with van der Waals surface area (Å²) in [4.78, 5) is 44.1. The molecular weight excluding hydrogens is 1030 g/mol. The van der Waals surface area contributed by atoms with Gasteiger partial charge in [-0.25, -0.2) is 9.97 Å². The van der Waals surface area contributed by atoms with Crippen LogP contribution in [0, 0.1) is 0 Å². The second kappa shape index (κ2) is 18.3. The average molecular weight is 1070 g/mol. The Kier molecular flexibility index (Phi) is 10.6. The van der Waals surface area contributed by atoms with Crippen molar-refractivity contribution in [2.45, 2.75) is 0 Å². The molecule has 0 spiro atoms. The smallest absolute Gasteiger partial charge is 0.357 e. The van der Waals surface area contributed by atoms with E-state index in [9.17, 15) is 0 Å². The number of rotatable bonds is 4. The molecule has 9 heteroatoms. The maximum atomic E-state index is 5.63. The zero-order valence-electron chi connectivity index (χ0n) is 43.0. The zero-order valence-corrected chi connectivity index (χ0v) is 44.1. The second-order valence-corrected chi connectivity index (χ2v) is 20.6. The monoisotopic (exact) mass is 1070 g/mol. The molecule has 0 unspecified atom stereocenters. The predicted octanol–water partition coefficient (Wildman–Crippen LogP) is 17.4. The van der Waals surface area contributed by atoms with E-state index in [2.05, 4.69) is 218 Å². The first kappa shape index (κ1) is 46.6. The van der Waals surface area contributed by atoms with E-state index in [0.717, 1.165) is 131 Å².